The van der Waals surface area contributed by atoms with Crippen molar-refractivity contribution in [1.82, 2.24) is 14.9 Å². The van der Waals surface area contributed by atoms with Crippen LogP contribution in [0.4, 0.5) is 0 Å². The van der Waals surface area contributed by atoms with Crippen molar-refractivity contribution in [3.63, 3.8) is 0 Å². The molecule has 0 aromatic carbocycles. The van der Waals surface area contributed by atoms with Crippen LogP contribution in [0.2, 0.25) is 0 Å². The minimum Gasteiger partial charge on any atom is -0.306 e. The maximum atomic E-state index is 4.27. The summed E-state index contributed by atoms with van der Waals surface area (Å²) in [6.07, 6.45) is 7.32. The zero-order valence-electron chi connectivity index (χ0n) is 10.7. The van der Waals surface area contributed by atoms with Gasteiger partial charge in [-0.05, 0) is 38.4 Å². The lowest BCUT2D eigenvalue weighted by molar-refractivity contribution is 0.207. The third-order valence-corrected chi connectivity index (χ3v) is 2.81. The SMILES string of the molecule is CC.CN1CCCC(Cc2ncccn2)C1. The Morgan fingerprint density at radius 3 is 2.62 bits per heavy atom. The van der Waals surface area contributed by atoms with Crippen LogP contribution in [-0.2, 0) is 6.42 Å². The summed E-state index contributed by atoms with van der Waals surface area (Å²) in [7, 11) is 2.19. The molecule has 0 N–H and O–H groups in total. The van der Waals surface area contributed by atoms with E-state index in [1.807, 2.05) is 32.3 Å². The molecule has 2 heterocycles. The first kappa shape index (κ1) is 13.1. The van der Waals surface area contributed by atoms with E-state index < -0.39 is 0 Å². The molecule has 1 atom stereocenters. The molecule has 3 heteroatoms. The predicted octanol–water partition coefficient (Wildman–Crippen LogP) is 2.39. The lowest BCUT2D eigenvalue weighted by Gasteiger charge is -2.29. The number of aromatic nitrogens is 2. The van der Waals surface area contributed by atoms with Crippen molar-refractivity contribution in [3.05, 3.63) is 24.3 Å². The molecular weight excluding hydrogens is 198 g/mol. The standard InChI is InChI=1S/C11H17N3.C2H6/c1-14-7-2-4-10(9-14)8-11-12-5-3-6-13-11;1-2/h3,5-6,10H,2,4,7-9H2,1H3;1-2H3. The molecule has 0 saturated carbocycles. The zero-order chi connectivity index (χ0) is 11.8. The number of nitrogens with zero attached hydrogens (tertiary/aromatic N) is 3. The van der Waals surface area contributed by atoms with Gasteiger partial charge in [-0.2, -0.15) is 0 Å². The lowest BCUT2D eigenvalue weighted by Crippen LogP contribution is -2.33. The van der Waals surface area contributed by atoms with Gasteiger partial charge in [0, 0.05) is 25.4 Å². The van der Waals surface area contributed by atoms with Gasteiger partial charge in [-0.25, -0.2) is 9.97 Å². The van der Waals surface area contributed by atoms with E-state index in [9.17, 15) is 0 Å². The van der Waals surface area contributed by atoms with Crippen LogP contribution in [0.5, 0.6) is 0 Å². The first-order valence-corrected chi connectivity index (χ1v) is 6.29. The van der Waals surface area contributed by atoms with Crippen molar-refractivity contribution in [2.75, 3.05) is 20.1 Å². The van der Waals surface area contributed by atoms with Gasteiger partial charge in [0.25, 0.3) is 0 Å². The molecule has 0 amide bonds. The summed E-state index contributed by atoms with van der Waals surface area (Å²) >= 11 is 0. The fourth-order valence-corrected chi connectivity index (χ4v) is 2.13. The van der Waals surface area contributed by atoms with E-state index in [0.717, 1.165) is 18.2 Å². The van der Waals surface area contributed by atoms with Gasteiger partial charge >= 0.3 is 0 Å². The number of hydrogen-bond acceptors (Lipinski definition) is 3. The number of piperidine rings is 1. The Labute approximate surface area is 98.9 Å². The second-order valence-corrected chi connectivity index (χ2v) is 4.14. The van der Waals surface area contributed by atoms with E-state index in [1.165, 1.54) is 25.9 Å². The summed E-state index contributed by atoms with van der Waals surface area (Å²) < 4.78 is 0. The van der Waals surface area contributed by atoms with E-state index in [0.29, 0.717) is 0 Å². The van der Waals surface area contributed by atoms with Crippen molar-refractivity contribution >= 4 is 0 Å². The molecule has 0 bridgehead atoms. The molecule has 1 aliphatic heterocycles. The van der Waals surface area contributed by atoms with Crippen molar-refractivity contribution in [2.24, 2.45) is 5.92 Å². The van der Waals surface area contributed by atoms with Crippen LogP contribution in [0.3, 0.4) is 0 Å². The Morgan fingerprint density at radius 1 is 1.31 bits per heavy atom. The van der Waals surface area contributed by atoms with E-state index >= 15 is 0 Å². The fraction of sp³-hybridized carbons (Fsp3) is 0.692. The first-order valence-electron chi connectivity index (χ1n) is 6.29. The highest BCUT2D eigenvalue weighted by molar-refractivity contribution is 4.91. The van der Waals surface area contributed by atoms with Crippen LogP contribution < -0.4 is 0 Å². The topological polar surface area (TPSA) is 29.0 Å². The van der Waals surface area contributed by atoms with Crippen LogP contribution in [0.25, 0.3) is 0 Å². The van der Waals surface area contributed by atoms with Crippen LogP contribution >= 0.6 is 0 Å². The van der Waals surface area contributed by atoms with Crippen LogP contribution in [0.15, 0.2) is 18.5 Å². The Balaban J connectivity index is 0.000000606. The lowest BCUT2D eigenvalue weighted by atomic mass is 9.95. The normalized spacial score (nSPS) is 21.1. The number of hydrogen-bond donors (Lipinski definition) is 0. The molecule has 0 aliphatic carbocycles. The maximum absolute atomic E-state index is 4.27. The van der Waals surface area contributed by atoms with E-state index in [2.05, 4.69) is 21.9 Å². The average Bonchev–Trinajstić information content (AvgIpc) is 2.33. The van der Waals surface area contributed by atoms with Gasteiger partial charge < -0.3 is 4.90 Å². The quantitative estimate of drug-likeness (QED) is 0.768. The molecule has 0 radical (unpaired) electrons. The van der Waals surface area contributed by atoms with Gasteiger partial charge in [0.1, 0.15) is 5.82 Å². The summed E-state index contributed by atoms with van der Waals surface area (Å²) in [5.41, 5.74) is 0. The molecule has 16 heavy (non-hydrogen) atoms. The highest BCUT2D eigenvalue weighted by Crippen LogP contribution is 2.17. The van der Waals surface area contributed by atoms with Crippen LogP contribution in [-0.4, -0.2) is 35.0 Å². The van der Waals surface area contributed by atoms with Crippen LogP contribution in [0, 0.1) is 5.92 Å². The minimum absolute atomic E-state index is 0.746. The fourth-order valence-electron chi connectivity index (χ4n) is 2.13. The number of likely N-dealkylation sites (tertiary alicyclic amines) is 1. The monoisotopic (exact) mass is 221 g/mol. The zero-order valence-corrected chi connectivity index (χ0v) is 10.7. The molecule has 90 valence electrons. The van der Waals surface area contributed by atoms with Gasteiger partial charge in [-0.1, -0.05) is 13.8 Å². The molecule has 1 aromatic rings. The third-order valence-electron chi connectivity index (χ3n) is 2.81. The predicted molar refractivity (Wildman–Crippen MR) is 67.3 cm³/mol. The molecule has 1 unspecified atom stereocenters. The molecule has 1 aromatic heterocycles. The van der Waals surface area contributed by atoms with Crippen LogP contribution in [0.1, 0.15) is 32.5 Å². The smallest absolute Gasteiger partial charge is 0.128 e. The molecular formula is C13H23N3. The third kappa shape index (κ3) is 4.27. The largest absolute Gasteiger partial charge is 0.306 e. The molecule has 0 spiro atoms. The Bertz CT molecular complexity index is 274. The van der Waals surface area contributed by atoms with Crippen molar-refractivity contribution in [1.29, 1.82) is 0 Å². The van der Waals surface area contributed by atoms with E-state index in [1.54, 1.807) is 0 Å². The second kappa shape index (κ2) is 7.34. The summed E-state index contributed by atoms with van der Waals surface area (Å²) in [5, 5.41) is 0. The Hall–Kier alpha value is -0.960. The maximum Gasteiger partial charge on any atom is 0.128 e. The summed E-state index contributed by atoms with van der Waals surface area (Å²) in [4.78, 5) is 10.9. The Kier molecular flexibility index (Phi) is 6.01. The molecule has 1 fully saturated rings. The molecule has 2 rings (SSSR count). The first-order chi connectivity index (χ1) is 7.84. The summed E-state index contributed by atoms with van der Waals surface area (Å²) in [6.45, 7) is 6.43. The second-order valence-electron chi connectivity index (χ2n) is 4.14. The van der Waals surface area contributed by atoms with Gasteiger partial charge in [0.15, 0.2) is 0 Å². The average molecular weight is 221 g/mol. The van der Waals surface area contributed by atoms with Gasteiger partial charge in [0.05, 0.1) is 0 Å². The Morgan fingerprint density at radius 2 is 2.00 bits per heavy atom. The van der Waals surface area contributed by atoms with E-state index in [-0.39, 0.29) is 0 Å². The molecule has 1 saturated heterocycles. The van der Waals surface area contributed by atoms with Crippen molar-refractivity contribution < 1.29 is 0 Å². The van der Waals surface area contributed by atoms with Crippen molar-refractivity contribution in [2.45, 2.75) is 33.1 Å². The van der Waals surface area contributed by atoms with Gasteiger partial charge in [-0.3, -0.25) is 0 Å². The van der Waals surface area contributed by atoms with E-state index in [4.69, 9.17) is 0 Å². The number of rotatable bonds is 2. The highest BCUT2D eigenvalue weighted by atomic mass is 15.1. The molecule has 1 aliphatic rings. The summed E-state index contributed by atoms with van der Waals surface area (Å²) in [6, 6.07) is 1.87. The minimum atomic E-state index is 0.746. The van der Waals surface area contributed by atoms with Gasteiger partial charge in [0.2, 0.25) is 0 Å². The highest BCUT2D eigenvalue weighted by Gasteiger charge is 2.17. The summed E-state index contributed by atoms with van der Waals surface area (Å²) in [5.74, 6) is 1.74. The van der Waals surface area contributed by atoms with Gasteiger partial charge in [-0.15, -0.1) is 0 Å². The van der Waals surface area contributed by atoms with Crippen molar-refractivity contribution in [3.8, 4) is 0 Å². The molecule has 3 nitrogen and oxygen atoms in total.